The van der Waals surface area contributed by atoms with Gasteiger partial charge in [-0.05, 0) is 208 Å². The SMILES string of the molecule is CC(CC(C(=O)O)C(=O)O)[C@H]1CCC2C3CC[C@@H]4C[C@H](O)CC[C@]4(C)C3C[C@H](O)[C@@]21C.CC(CCC(=O)O)[C@H]1CCC2C3CC[C@@H]4C[C@H](O)CC[C@]4(C)C3C[C@H](O)[C@@]21C. The molecular formula is C49H80O10. The van der Waals surface area contributed by atoms with Crippen molar-refractivity contribution in [2.75, 3.05) is 0 Å². The fourth-order valence-electron chi connectivity index (χ4n) is 17.7. The Bertz CT molecular complexity index is 1540. The minimum atomic E-state index is -1.38. The number of aliphatic hydroxyl groups is 4. The molecule has 8 fully saturated rings. The maximum Gasteiger partial charge on any atom is 0.317 e. The van der Waals surface area contributed by atoms with Gasteiger partial charge in [0, 0.05) is 6.42 Å². The number of aliphatic hydroxyl groups excluding tert-OH is 4. The van der Waals surface area contributed by atoms with Crippen LogP contribution in [0.25, 0.3) is 0 Å². The van der Waals surface area contributed by atoms with Gasteiger partial charge in [-0.15, -0.1) is 0 Å². The fourth-order valence-corrected chi connectivity index (χ4v) is 17.7. The smallest absolute Gasteiger partial charge is 0.317 e. The first-order valence-electron chi connectivity index (χ1n) is 24.1. The molecule has 8 aliphatic rings. The van der Waals surface area contributed by atoms with E-state index in [1.165, 1.54) is 19.3 Å². The monoisotopic (exact) mass is 829 g/mol. The highest BCUT2D eigenvalue weighted by molar-refractivity contribution is 5.92. The van der Waals surface area contributed by atoms with Crippen molar-refractivity contribution < 1.29 is 50.1 Å². The Labute approximate surface area is 353 Å². The van der Waals surface area contributed by atoms with Crippen LogP contribution in [0.2, 0.25) is 0 Å². The first-order valence-corrected chi connectivity index (χ1v) is 24.1. The van der Waals surface area contributed by atoms with Gasteiger partial charge in [0.05, 0.1) is 24.4 Å². The standard InChI is InChI=1S/C25H40O6.C24H40O4/c1-13(10-17(22(28)29)23(30)31)18-6-7-19-16-5-4-14-11-15(26)8-9-24(14,2)20(16)12-21(27)25(18,19)3;1-14(4-9-22(27)28)18-7-8-19-17-6-5-15-12-16(25)10-11-23(15,2)20(17)13-21(26)24(18,19)3/h13-21,26-27H,4-12H2,1-3H3,(H,28,29)(H,30,31);14-21,25-26H,4-13H2,1-3H3,(H,27,28)/t13?,14-,15-,16?,18-,19?,20?,21+,24+,25-;14?,15-,16-,17?,18-,19?,20?,21+,23+,24-/m11/s1. The van der Waals surface area contributed by atoms with Gasteiger partial charge < -0.3 is 35.7 Å². The van der Waals surface area contributed by atoms with Crippen LogP contribution in [-0.2, 0) is 14.4 Å². The summed E-state index contributed by atoms with van der Waals surface area (Å²) >= 11 is 0. The van der Waals surface area contributed by atoms with Gasteiger partial charge in [-0.3, -0.25) is 14.4 Å². The molecule has 0 aromatic rings. The average molecular weight is 829 g/mol. The molecule has 0 amide bonds. The van der Waals surface area contributed by atoms with Gasteiger partial charge in [-0.2, -0.15) is 0 Å². The molecule has 59 heavy (non-hydrogen) atoms. The summed E-state index contributed by atoms with van der Waals surface area (Å²) in [6.45, 7) is 13.6. The fraction of sp³-hybridized carbons (Fsp3) is 0.939. The Balaban J connectivity index is 0.000000180. The molecule has 0 aromatic carbocycles. The summed E-state index contributed by atoms with van der Waals surface area (Å²) in [6, 6.07) is 0. The van der Waals surface area contributed by atoms with Gasteiger partial charge in [0.15, 0.2) is 5.92 Å². The average Bonchev–Trinajstić information content (AvgIpc) is 3.73. The summed E-state index contributed by atoms with van der Waals surface area (Å²) in [5.74, 6) is 0.709. The zero-order chi connectivity index (χ0) is 43.0. The van der Waals surface area contributed by atoms with E-state index in [4.69, 9.17) is 5.11 Å². The molecule has 7 N–H and O–H groups in total. The van der Waals surface area contributed by atoms with Gasteiger partial charge in [0.1, 0.15) is 0 Å². The van der Waals surface area contributed by atoms with Crippen LogP contribution in [0, 0.1) is 98.6 Å². The maximum absolute atomic E-state index is 11.5. The predicted octanol–water partition coefficient (Wildman–Crippen LogP) is 8.27. The number of carbonyl (C=O) groups is 3. The largest absolute Gasteiger partial charge is 0.481 e. The van der Waals surface area contributed by atoms with Gasteiger partial charge >= 0.3 is 17.9 Å². The molecule has 8 rings (SSSR count). The number of aliphatic carboxylic acids is 3. The lowest BCUT2D eigenvalue weighted by Crippen LogP contribution is -2.58. The molecule has 0 saturated heterocycles. The molecule has 8 aliphatic carbocycles. The van der Waals surface area contributed by atoms with E-state index < -0.39 is 29.9 Å². The summed E-state index contributed by atoms with van der Waals surface area (Å²) in [5.41, 5.74) is 0.124. The summed E-state index contributed by atoms with van der Waals surface area (Å²) in [4.78, 5) is 34.0. The number of carboxylic acids is 3. The highest BCUT2D eigenvalue weighted by Gasteiger charge is 2.65. The van der Waals surface area contributed by atoms with Crippen LogP contribution in [0.1, 0.15) is 164 Å². The third kappa shape index (κ3) is 7.64. The minimum Gasteiger partial charge on any atom is -0.481 e. The van der Waals surface area contributed by atoms with Crippen LogP contribution in [-0.4, -0.2) is 78.1 Å². The number of fused-ring (bicyclic) bond motifs is 10. The van der Waals surface area contributed by atoms with Crippen molar-refractivity contribution in [3.8, 4) is 0 Å². The molecule has 10 heteroatoms. The molecular weight excluding hydrogens is 749 g/mol. The minimum absolute atomic E-state index is 0.0591. The lowest BCUT2D eigenvalue weighted by Gasteiger charge is -2.62. The molecule has 10 nitrogen and oxygen atoms in total. The van der Waals surface area contributed by atoms with E-state index in [0.29, 0.717) is 59.2 Å². The van der Waals surface area contributed by atoms with Crippen LogP contribution in [0.15, 0.2) is 0 Å². The van der Waals surface area contributed by atoms with Crippen molar-refractivity contribution in [1.82, 2.24) is 0 Å². The van der Waals surface area contributed by atoms with Crippen LogP contribution >= 0.6 is 0 Å². The van der Waals surface area contributed by atoms with Gasteiger partial charge in [0.2, 0.25) is 0 Å². The second-order valence-corrected chi connectivity index (χ2v) is 23.1. The Hall–Kier alpha value is -1.75. The normalized spacial score (nSPS) is 49.7. The highest BCUT2D eigenvalue weighted by atomic mass is 16.4. The molecule has 0 bridgehead atoms. The molecule has 0 spiro atoms. The Morgan fingerprint density at radius 2 is 0.966 bits per heavy atom. The van der Waals surface area contributed by atoms with Crippen molar-refractivity contribution in [2.45, 2.75) is 188 Å². The Kier molecular flexibility index (Phi) is 12.9. The highest BCUT2D eigenvalue weighted by Crippen LogP contribution is 2.70. The molecule has 8 saturated carbocycles. The third-order valence-corrected chi connectivity index (χ3v) is 21.0. The summed E-state index contributed by atoms with van der Waals surface area (Å²) in [7, 11) is 0. The van der Waals surface area contributed by atoms with E-state index >= 15 is 0 Å². The quantitative estimate of drug-likeness (QED) is 0.111. The van der Waals surface area contributed by atoms with E-state index in [-0.39, 0.29) is 64.6 Å². The van der Waals surface area contributed by atoms with E-state index in [1.54, 1.807) is 0 Å². The van der Waals surface area contributed by atoms with E-state index in [2.05, 4.69) is 34.6 Å². The number of hydrogen-bond acceptors (Lipinski definition) is 7. The molecule has 0 aliphatic heterocycles. The van der Waals surface area contributed by atoms with Crippen molar-refractivity contribution in [3.63, 3.8) is 0 Å². The second kappa shape index (κ2) is 16.7. The van der Waals surface area contributed by atoms with Gasteiger partial charge in [-0.1, -0.05) is 41.5 Å². The van der Waals surface area contributed by atoms with Gasteiger partial charge in [-0.25, -0.2) is 0 Å². The van der Waals surface area contributed by atoms with Crippen LogP contribution < -0.4 is 0 Å². The number of hydrogen-bond donors (Lipinski definition) is 7. The molecule has 336 valence electrons. The molecule has 20 atom stereocenters. The van der Waals surface area contributed by atoms with E-state index in [1.807, 2.05) is 6.92 Å². The predicted molar refractivity (Wildman–Crippen MR) is 224 cm³/mol. The first-order chi connectivity index (χ1) is 27.7. The number of carboxylic acid groups (broad SMARTS) is 3. The zero-order valence-corrected chi connectivity index (χ0v) is 37.1. The van der Waals surface area contributed by atoms with Crippen molar-refractivity contribution in [2.24, 2.45) is 98.6 Å². The lowest BCUT2D eigenvalue weighted by molar-refractivity contribution is -0.176. The summed E-state index contributed by atoms with van der Waals surface area (Å²) < 4.78 is 0. The summed E-state index contributed by atoms with van der Waals surface area (Å²) in [5, 5.41) is 71.2. The third-order valence-electron chi connectivity index (χ3n) is 21.0. The zero-order valence-electron chi connectivity index (χ0n) is 37.1. The molecule has 0 aromatic heterocycles. The van der Waals surface area contributed by atoms with Crippen molar-refractivity contribution in [3.05, 3.63) is 0 Å². The molecule has 8 unspecified atom stereocenters. The van der Waals surface area contributed by atoms with E-state index in [9.17, 15) is 45.0 Å². The maximum atomic E-state index is 11.5. The van der Waals surface area contributed by atoms with Gasteiger partial charge in [0.25, 0.3) is 0 Å². The van der Waals surface area contributed by atoms with Crippen LogP contribution in [0.4, 0.5) is 0 Å². The Morgan fingerprint density at radius 1 is 0.542 bits per heavy atom. The number of rotatable bonds is 9. The topological polar surface area (TPSA) is 193 Å². The van der Waals surface area contributed by atoms with Crippen molar-refractivity contribution in [1.29, 1.82) is 0 Å². The van der Waals surface area contributed by atoms with Crippen LogP contribution in [0.5, 0.6) is 0 Å². The van der Waals surface area contributed by atoms with Crippen LogP contribution in [0.3, 0.4) is 0 Å². The first kappa shape index (κ1) is 45.3. The van der Waals surface area contributed by atoms with E-state index in [0.717, 1.165) is 89.9 Å². The molecule has 0 radical (unpaired) electrons. The summed E-state index contributed by atoms with van der Waals surface area (Å²) in [6.07, 6.45) is 16.6. The Morgan fingerprint density at radius 3 is 1.37 bits per heavy atom. The van der Waals surface area contributed by atoms with Crippen molar-refractivity contribution >= 4 is 17.9 Å². The second-order valence-electron chi connectivity index (χ2n) is 23.1. The molecule has 0 heterocycles. The lowest BCUT2D eigenvalue weighted by atomic mass is 9.43.